The standard InChI is InChI=1S/C34H50N4O12S/c39-31(35-16-18-47-21-23-50-26-33(42)43)25-49-22-20-48-19-17-36-34(44)28-12-15-30(37-24-28)38-51(45,46)29-13-10-27(11-14-29)8-6-4-2-1-3-5-7-9-32(40)41/h10-15,24H,1-9,16-23,25-26H2,(H,35,39)(H,36,44)(H,37,38)(H,40,41)(H,42,43). The second kappa shape index (κ2) is 25.7. The first-order valence-corrected chi connectivity index (χ1v) is 18.4. The topological polar surface area (TPSA) is 229 Å². The number of benzene rings is 1. The van der Waals surface area contributed by atoms with Crippen molar-refractivity contribution >= 4 is 39.6 Å². The first-order chi connectivity index (χ1) is 24.6. The van der Waals surface area contributed by atoms with Gasteiger partial charge >= 0.3 is 11.9 Å². The first-order valence-electron chi connectivity index (χ1n) is 16.9. The van der Waals surface area contributed by atoms with E-state index in [1.807, 2.05) is 0 Å². The number of nitrogens with zero attached hydrogens (tertiary/aromatic N) is 1. The van der Waals surface area contributed by atoms with Gasteiger partial charge in [-0.3, -0.25) is 19.1 Å². The number of nitrogens with one attached hydrogen (secondary N) is 3. The highest BCUT2D eigenvalue weighted by atomic mass is 32.2. The largest absolute Gasteiger partial charge is 0.481 e. The van der Waals surface area contributed by atoms with Gasteiger partial charge in [0.2, 0.25) is 5.91 Å². The van der Waals surface area contributed by atoms with Crippen LogP contribution in [-0.2, 0) is 49.8 Å². The van der Waals surface area contributed by atoms with E-state index in [2.05, 4.69) is 20.3 Å². The molecule has 0 aliphatic carbocycles. The monoisotopic (exact) mass is 738 g/mol. The molecule has 0 saturated heterocycles. The molecule has 51 heavy (non-hydrogen) atoms. The normalized spacial score (nSPS) is 11.2. The summed E-state index contributed by atoms with van der Waals surface area (Å²) in [6, 6.07) is 9.57. The van der Waals surface area contributed by atoms with Gasteiger partial charge in [-0.15, -0.1) is 0 Å². The van der Waals surface area contributed by atoms with Gasteiger partial charge in [0.1, 0.15) is 19.0 Å². The molecule has 16 nitrogen and oxygen atoms in total. The van der Waals surface area contributed by atoms with Crippen molar-refractivity contribution < 1.29 is 56.8 Å². The van der Waals surface area contributed by atoms with Crippen LogP contribution in [0.3, 0.4) is 0 Å². The van der Waals surface area contributed by atoms with Crippen molar-refractivity contribution in [2.75, 3.05) is 70.7 Å². The number of pyridine rings is 1. The van der Waals surface area contributed by atoms with E-state index >= 15 is 0 Å². The Labute approximate surface area is 298 Å². The number of aryl methyl sites for hydroxylation is 1. The minimum absolute atomic E-state index is 0.0731. The van der Waals surface area contributed by atoms with Crippen molar-refractivity contribution in [3.05, 3.63) is 53.7 Å². The van der Waals surface area contributed by atoms with E-state index in [9.17, 15) is 27.6 Å². The predicted octanol–water partition coefficient (Wildman–Crippen LogP) is 2.63. The maximum Gasteiger partial charge on any atom is 0.329 e. The SMILES string of the molecule is O=C(O)CCCCCCCCCc1ccc(S(=O)(=O)Nc2ccc(C(=O)NCCOCCOCC(=O)NCCOCCOCC(=O)O)cn2)cc1. The van der Waals surface area contributed by atoms with Gasteiger partial charge in [-0.05, 0) is 49.1 Å². The second-order valence-electron chi connectivity index (χ2n) is 11.4. The Kier molecular flexibility index (Phi) is 21.7. The number of carboxylic acid groups (broad SMARTS) is 2. The number of aromatic nitrogens is 1. The van der Waals surface area contributed by atoms with Crippen LogP contribution in [0, 0.1) is 0 Å². The van der Waals surface area contributed by atoms with Crippen LogP contribution in [-0.4, -0.2) is 113 Å². The summed E-state index contributed by atoms with van der Waals surface area (Å²) in [6.07, 6.45) is 9.26. The number of carboxylic acids is 2. The van der Waals surface area contributed by atoms with Crippen molar-refractivity contribution in [3.63, 3.8) is 0 Å². The average molecular weight is 739 g/mol. The molecular weight excluding hydrogens is 688 g/mol. The van der Waals surface area contributed by atoms with Crippen LogP contribution in [0.1, 0.15) is 67.3 Å². The third-order valence-corrected chi connectivity index (χ3v) is 8.53. The second-order valence-corrected chi connectivity index (χ2v) is 13.1. The number of hydrogen-bond acceptors (Lipinski definition) is 11. The molecule has 0 bridgehead atoms. The van der Waals surface area contributed by atoms with Gasteiger partial charge in [-0.1, -0.05) is 44.2 Å². The fraction of sp³-hybridized carbons (Fsp3) is 0.559. The third-order valence-electron chi connectivity index (χ3n) is 7.16. The lowest BCUT2D eigenvalue weighted by atomic mass is 10.0. The Hall–Kier alpha value is -4.16. The van der Waals surface area contributed by atoms with Crippen molar-refractivity contribution in [2.24, 2.45) is 0 Å². The van der Waals surface area contributed by atoms with Crippen LogP contribution in [0.15, 0.2) is 47.5 Å². The summed E-state index contributed by atoms with van der Waals surface area (Å²) in [5.74, 6) is -2.46. The van der Waals surface area contributed by atoms with E-state index in [1.165, 1.54) is 18.3 Å². The molecule has 1 aromatic carbocycles. The van der Waals surface area contributed by atoms with Crippen molar-refractivity contribution in [1.29, 1.82) is 0 Å². The fourth-order valence-electron chi connectivity index (χ4n) is 4.53. The molecule has 0 fully saturated rings. The van der Waals surface area contributed by atoms with Gasteiger partial charge in [0.15, 0.2) is 0 Å². The average Bonchev–Trinajstić information content (AvgIpc) is 3.09. The third kappa shape index (κ3) is 21.0. The summed E-state index contributed by atoms with van der Waals surface area (Å²) in [5.41, 5.74) is 1.29. The molecule has 2 aromatic rings. The maximum atomic E-state index is 12.9. The van der Waals surface area contributed by atoms with Gasteiger partial charge in [0.05, 0.1) is 50.1 Å². The minimum atomic E-state index is -3.87. The number of unbranched alkanes of at least 4 members (excludes halogenated alkanes) is 6. The highest BCUT2D eigenvalue weighted by Gasteiger charge is 2.15. The molecule has 0 spiro atoms. The van der Waals surface area contributed by atoms with Gasteiger partial charge in [0, 0.05) is 25.7 Å². The molecule has 5 N–H and O–H groups in total. The molecule has 2 rings (SSSR count). The number of carbonyl (C=O) groups excluding carboxylic acids is 2. The zero-order chi connectivity index (χ0) is 37.2. The summed E-state index contributed by atoms with van der Waals surface area (Å²) in [4.78, 5) is 49.2. The van der Waals surface area contributed by atoms with E-state index in [1.54, 1.807) is 24.3 Å². The van der Waals surface area contributed by atoms with Crippen LogP contribution in [0.5, 0.6) is 0 Å². The Morgan fingerprint density at radius 3 is 1.84 bits per heavy atom. The predicted molar refractivity (Wildman–Crippen MR) is 186 cm³/mol. The van der Waals surface area contributed by atoms with Crippen molar-refractivity contribution in [2.45, 2.75) is 62.7 Å². The van der Waals surface area contributed by atoms with Crippen molar-refractivity contribution in [3.8, 4) is 0 Å². The molecule has 2 amide bonds. The zero-order valence-corrected chi connectivity index (χ0v) is 29.6. The maximum absolute atomic E-state index is 12.9. The number of anilines is 1. The smallest absolute Gasteiger partial charge is 0.329 e. The van der Waals surface area contributed by atoms with Gasteiger partial charge in [-0.25, -0.2) is 18.2 Å². The number of sulfonamides is 1. The molecule has 1 aromatic heterocycles. The fourth-order valence-corrected chi connectivity index (χ4v) is 5.53. The first kappa shape index (κ1) is 43.0. The lowest BCUT2D eigenvalue weighted by Crippen LogP contribution is -2.31. The summed E-state index contributed by atoms with van der Waals surface area (Å²) >= 11 is 0. The molecular formula is C34H50N4O12S. The molecule has 0 aliphatic heterocycles. The van der Waals surface area contributed by atoms with Gasteiger partial charge < -0.3 is 39.8 Å². The van der Waals surface area contributed by atoms with Crippen LogP contribution in [0.4, 0.5) is 5.82 Å². The molecule has 0 saturated carbocycles. The van der Waals surface area contributed by atoms with Crippen LogP contribution in [0.25, 0.3) is 0 Å². The van der Waals surface area contributed by atoms with E-state index in [0.29, 0.717) is 0 Å². The molecule has 284 valence electrons. The van der Waals surface area contributed by atoms with Crippen LogP contribution >= 0.6 is 0 Å². The lowest BCUT2D eigenvalue weighted by molar-refractivity contribution is -0.143. The molecule has 17 heteroatoms. The van der Waals surface area contributed by atoms with Crippen LogP contribution in [0.2, 0.25) is 0 Å². The van der Waals surface area contributed by atoms with E-state index in [-0.39, 0.29) is 94.5 Å². The number of carbonyl (C=O) groups is 4. The number of hydrogen-bond donors (Lipinski definition) is 5. The molecule has 0 aliphatic rings. The Morgan fingerprint density at radius 2 is 1.24 bits per heavy atom. The lowest BCUT2D eigenvalue weighted by Gasteiger charge is -2.10. The van der Waals surface area contributed by atoms with Gasteiger partial charge in [-0.2, -0.15) is 0 Å². The summed E-state index contributed by atoms with van der Waals surface area (Å²) in [5, 5.41) is 22.4. The highest BCUT2D eigenvalue weighted by Crippen LogP contribution is 2.17. The number of amides is 2. The number of rotatable bonds is 30. The molecule has 0 atom stereocenters. The minimum Gasteiger partial charge on any atom is -0.481 e. The summed E-state index contributed by atoms with van der Waals surface area (Å²) in [7, 11) is -3.87. The number of ether oxygens (including phenoxy) is 4. The highest BCUT2D eigenvalue weighted by molar-refractivity contribution is 7.92. The molecule has 0 radical (unpaired) electrons. The van der Waals surface area contributed by atoms with E-state index < -0.39 is 27.9 Å². The summed E-state index contributed by atoms with van der Waals surface area (Å²) < 4.78 is 48.8. The number of aliphatic carboxylic acids is 2. The Bertz CT molecular complexity index is 1420. The Morgan fingerprint density at radius 1 is 0.647 bits per heavy atom. The van der Waals surface area contributed by atoms with Gasteiger partial charge in [0.25, 0.3) is 15.9 Å². The zero-order valence-electron chi connectivity index (χ0n) is 28.8. The van der Waals surface area contributed by atoms with Crippen LogP contribution < -0.4 is 15.4 Å². The Balaban J connectivity index is 1.54. The molecule has 0 unspecified atom stereocenters. The quantitative estimate of drug-likeness (QED) is 0.0727. The summed E-state index contributed by atoms with van der Waals surface area (Å²) in [6.45, 7) is 1.12. The molecule has 1 heterocycles. The van der Waals surface area contributed by atoms with Crippen molar-refractivity contribution in [1.82, 2.24) is 15.6 Å². The van der Waals surface area contributed by atoms with E-state index in [0.717, 1.165) is 56.9 Å². The van der Waals surface area contributed by atoms with E-state index in [4.69, 9.17) is 29.2 Å².